The molecule has 2 saturated heterocycles. The highest BCUT2D eigenvalue weighted by molar-refractivity contribution is 7.89. The van der Waals surface area contributed by atoms with Crippen LogP contribution in [-0.4, -0.2) is 55.6 Å². The van der Waals surface area contributed by atoms with Crippen molar-refractivity contribution in [1.82, 2.24) is 9.21 Å². The van der Waals surface area contributed by atoms with Crippen LogP contribution in [0.2, 0.25) is 5.02 Å². The SMILES string of the molecule is O=C(Nc1ccccc1C(=O)N1CCCCCC1)[C@H]1CCCN(S(=O)(=O)c2ccc(Cl)cc2)C1. The summed E-state index contributed by atoms with van der Waals surface area (Å²) in [6, 6.07) is 13.1. The second kappa shape index (κ2) is 10.9. The number of nitrogens with zero attached hydrogens (tertiary/aromatic N) is 2. The van der Waals surface area contributed by atoms with Gasteiger partial charge < -0.3 is 10.2 Å². The third-order valence-electron chi connectivity index (χ3n) is 6.51. The summed E-state index contributed by atoms with van der Waals surface area (Å²) in [4.78, 5) is 28.3. The Morgan fingerprint density at radius 3 is 2.26 bits per heavy atom. The number of anilines is 1. The van der Waals surface area contributed by atoms with Gasteiger partial charge in [0.2, 0.25) is 15.9 Å². The zero-order valence-corrected chi connectivity index (χ0v) is 20.7. The average molecular weight is 504 g/mol. The van der Waals surface area contributed by atoms with Crippen molar-refractivity contribution < 1.29 is 18.0 Å². The molecule has 0 radical (unpaired) electrons. The molecule has 2 aromatic carbocycles. The number of rotatable bonds is 5. The van der Waals surface area contributed by atoms with Gasteiger partial charge in [-0.05, 0) is 62.1 Å². The van der Waals surface area contributed by atoms with Crippen LogP contribution < -0.4 is 5.32 Å². The summed E-state index contributed by atoms with van der Waals surface area (Å²) in [6.45, 7) is 1.90. The van der Waals surface area contributed by atoms with Gasteiger partial charge in [-0.3, -0.25) is 9.59 Å². The van der Waals surface area contributed by atoms with E-state index < -0.39 is 15.9 Å². The molecule has 2 aromatic rings. The number of halogens is 1. The largest absolute Gasteiger partial charge is 0.339 e. The van der Waals surface area contributed by atoms with Crippen molar-refractivity contribution in [3.8, 4) is 0 Å². The van der Waals surface area contributed by atoms with Gasteiger partial charge in [0.25, 0.3) is 5.91 Å². The Balaban J connectivity index is 1.47. The lowest BCUT2D eigenvalue weighted by atomic mass is 9.98. The fourth-order valence-corrected chi connectivity index (χ4v) is 6.24. The van der Waals surface area contributed by atoms with Gasteiger partial charge in [0.15, 0.2) is 0 Å². The molecule has 1 atom stereocenters. The normalized spacial score (nSPS) is 19.9. The predicted molar refractivity (Wildman–Crippen MR) is 132 cm³/mol. The first-order valence-electron chi connectivity index (χ1n) is 11.8. The van der Waals surface area contributed by atoms with Crippen molar-refractivity contribution in [2.45, 2.75) is 43.4 Å². The maximum absolute atomic E-state index is 13.2. The molecule has 1 N–H and O–H groups in total. The van der Waals surface area contributed by atoms with Crippen LogP contribution in [0.1, 0.15) is 48.9 Å². The van der Waals surface area contributed by atoms with Gasteiger partial charge >= 0.3 is 0 Å². The molecule has 2 heterocycles. The molecule has 0 aromatic heterocycles. The number of nitrogens with one attached hydrogen (secondary N) is 1. The van der Waals surface area contributed by atoms with Crippen LogP contribution in [0.5, 0.6) is 0 Å². The molecule has 0 saturated carbocycles. The van der Waals surface area contributed by atoms with E-state index in [0.717, 1.165) is 38.8 Å². The highest BCUT2D eigenvalue weighted by Gasteiger charge is 2.34. The van der Waals surface area contributed by atoms with Gasteiger partial charge in [0.05, 0.1) is 22.1 Å². The number of hydrogen-bond donors (Lipinski definition) is 1. The predicted octanol–water partition coefficient (Wildman–Crippen LogP) is 4.40. The summed E-state index contributed by atoms with van der Waals surface area (Å²) in [5.74, 6) is -0.849. The van der Waals surface area contributed by atoms with Crippen molar-refractivity contribution >= 4 is 39.1 Å². The summed E-state index contributed by atoms with van der Waals surface area (Å²) in [5, 5.41) is 3.37. The van der Waals surface area contributed by atoms with E-state index >= 15 is 0 Å². The van der Waals surface area contributed by atoms with Crippen LogP contribution >= 0.6 is 11.6 Å². The Bertz CT molecular complexity index is 1130. The lowest BCUT2D eigenvalue weighted by Crippen LogP contribution is -2.43. The molecule has 2 aliphatic rings. The molecule has 0 unspecified atom stereocenters. The standard InChI is InChI=1S/C25H30ClN3O4S/c26-20-11-13-21(14-12-20)34(32,33)29-17-7-8-19(18-29)24(30)27-23-10-4-3-9-22(23)25(31)28-15-5-1-2-6-16-28/h3-4,9-14,19H,1-2,5-8,15-18H2,(H,27,30)/t19-/m0/s1. The number of amides is 2. The van der Waals surface area contributed by atoms with Crippen LogP contribution in [0.3, 0.4) is 0 Å². The average Bonchev–Trinajstić information content (AvgIpc) is 3.14. The van der Waals surface area contributed by atoms with Gasteiger partial charge in [0.1, 0.15) is 0 Å². The van der Waals surface area contributed by atoms with Crippen LogP contribution in [-0.2, 0) is 14.8 Å². The molecular formula is C25H30ClN3O4S. The monoisotopic (exact) mass is 503 g/mol. The maximum Gasteiger partial charge on any atom is 0.255 e. The van der Waals surface area contributed by atoms with Crippen molar-refractivity contribution in [2.75, 3.05) is 31.5 Å². The minimum absolute atomic E-state index is 0.0756. The number of sulfonamides is 1. The Morgan fingerprint density at radius 1 is 0.882 bits per heavy atom. The lowest BCUT2D eigenvalue weighted by molar-refractivity contribution is -0.120. The minimum atomic E-state index is -3.72. The minimum Gasteiger partial charge on any atom is -0.339 e. The quantitative estimate of drug-likeness (QED) is 0.655. The van der Waals surface area contributed by atoms with E-state index in [1.165, 1.54) is 16.4 Å². The summed E-state index contributed by atoms with van der Waals surface area (Å²) in [7, 11) is -3.72. The molecule has 182 valence electrons. The fourth-order valence-electron chi connectivity index (χ4n) is 4.59. The number of benzene rings is 2. The van der Waals surface area contributed by atoms with Gasteiger partial charge in [-0.2, -0.15) is 4.31 Å². The Kier molecular flexibility index (Phi) is 7.91. The molecule has 2 amide bonds. The van der Waals surface area contributed by atoms with Crippen molar-refractivity contribution in [3.63, 3.8) is 0 Å². The third-order valence-corrected chi connectivity index (χ3v) is 8.65. The highest BCUT2D eigenvalue weighted by atomic mass is 35.5. The number of carbonyl (C=O) groups is 2. The number of carbonyl (C=O) groups excluding carboxylic acids is 2. The second-order valence-corrected chi connectivity index (χ2v) is 11.3. The molecule has 9 heteroatoms. The molecule has 0 spiro atoms. The van der Waals surface area contributed by atoms with Crippen LogP contribution in [0.4, 0.5) is 5.69 Å². The first-order chi connectivity index (χ1) is 16.4. The lowest BCUT2D eigenvalue weighted by Gasteiger charge is -2.31. The van der Waals surface area contributed by atoms with E-state index in [1.807, 2.05) is 4.90 Å². The van der Waals surface area contributed by atoms with E-state index in [9.17, 15) is 18.0 Å². The molecule has 34 heavy (non-hydrogen) atoms. The number of para-hydroxylation sites is 1. The van der Waals surface area contributed by atoms with Gasteiger partial charge in [-0.1, -0.05) is 36.6 Å². The van der Waals surface area contributed by atoms with E-state index in [4.69, 9.17) is 11.6 Å². The summed E-state index contributed by atoms with van der Waals surface area (Å²) in [6.07, 6.45) is 5.39. The second-order valence-electron chi connectivity index (χ2n) is 8.90. The highest BCUT2D eigenvalue weighted by Crippen LogP contribution is 2.27. The van der Waals surface area contributed by atoms with Crippen molar-refractivity contribution in [2.24, 2.45) is 5.92 Å². The number of likely N-dealkylation sites (tertiary alicyclic amines) is 1. The van der Waals surface area contributed by atoms with E-state index in [2.05, 4.69) is 5.32 Å². The topological polar surface area (TPSA) is 86.8 Å². The Morgan fingerprint density at radius 2 is 1.56 bits per heavy atom. The molecule has 2 fully saturated rings. The Labute approximate surface area is 206 Å². The van der Waals surface area contributed by atoms with Crippen molar-refractivity contribution in [3.05, 3.63) is 59.1 Å². The number of piperidine rings is 1. The van der Waals surface area contributed by atoms with Gasteiger partial charge in [-0.25, -0.2) is 8.42 Å². The smallest absolute Gasteiger partial charge is 0.255 e. The first-order valence-corrected chi connectivity index (χ1v) is 13.6. The number of hydrogen-bond acceptors (Lipinski definition) is 4. The maximum atomic E-state index is 13.2. The molecule has 7 nitrogen and oxygen atoms in total. The molecule has 4 rings (SSSR count). The van der Waals surface area contributed by atoms with E-state index in [0.29, 0.717) is 35.7 Å². The van der Waals surface area contributed by atoms with E-state index in [-0.39, 0.29) is 23.3 Å². The van der Waals surface area contributed by atoms with Gasteiger partial charge in [-0.15, -0.1) is 0 Å². The Hall–Kier alpha value is -2.42. The molecule has 0 bridgehead atoms. The van der Waals surface area contributed by atoms with Crippen LogP contribution in [0, 0.1) is 5.92 Å². The summed E-state index contributed by atoms with van der Waals surface area (Å²) >= 11 is 5.89. The zero-order chi connectivity index (χ0) is 24.1. The third kappa shape index (κ3) is 5.62. The first kappa shape index (κ1) is 24.7. The van der Waals surface area contributed by atoms with E-state index in [1.54, 1.807) is 36.4 Å². The van der Waals surface area contributed by atoms with Gasteiger partial charge in [0, 0.05) is 31.2 Å². The van der Waals surface area contributed by atoms with Crippen LogP contribution in [0.15, 0.2) is 53.4 Å². The van der Waals surface area contributed by atoms with Crippen molar-refractivity contribution in [1.29, 1.82) is 0 Å². The summed E-state index contributed by atoms with van der Waals surface area (Å²) < 4.78 is 27.5. The zero-order valence-electron chi connectivity index (χ0n) is 19.1. The van der Waals surface area contributed by atoms with Crippen LogP contribution in [0.25, 0.3) is 0 Å². The summed E-state index contributed by atoms with van der Waals surface area (Å²) in [5.41, 5.74) is 0.943. The molecule has 0 aliphatic carbocycles. The molecular weight excluding hydrogens is 474 g/mol. The fraction of sp³-hybridized carbons (Fsp3) is 0.440. The molecule has 2 aliphatic heterocycles.